The van der Waals surface area contributed by atoms with Crippen molar-refractivity contribution in [1.29, 1.82) is 0 Å². The third kappa shape index (κ3) is 2.06. The molecule has 0 radical (unpaired) electrons. The lowest BCUT2D eigenvalue weighted by atomic mass is 10.1. The normalized spacial score (nSPS) is 10.4. The van der Waals surface area contributed by atoms with E-state index in [1.807, 2.05) is 0 Å². The first kappa shape index (κ1) is 12.5. The topological polar surface area (TPSA) is 59.8 Å². The molecule has 5 nitrogen and oxygen atoms in total. The zero-order valence-corrected chi connectivity index (χ0v) is 10.5. The van der Waals surface area contributed by atoms with Gasteiger partial charge in [-0.3, -0.25) is 9.36 Å². The first-order chi connectivity index (χ1) is 8.54. The number of hydrogen-bond donors (Lipinski definition) is 1. The Morgan fingerprint density at radius 2 is 2.11 bits per heavy atom. The van der Waals surface area contributed by atoms with E-state index in [1.54, 1.807) is 14.1 Å². The van der Waals surface area contributed by atoms with Gasteiger partial charge in [-0.2, -0.15) is 0 Å². The van der Waals surface area contributed by atoms with E-state index >= 15 is 0 Å². The molecule has 0 spiro atoms. The SMILES string of the molecule is CNc1nnc(-c2ccc(F)c(Cl)c2)c(=O)n1C. The average Bonchev–Trinajstić information content (AvgIpc) is 2.36. The number of benzene rings is 1. The molecule has 0 unspecified atom stereocenters. The minimum atomic E-state index is -0.544. The monoisotopic (exact) mass is 268 g/mol. The quantitative estimate of drug-likeness (QED) is 0.900. The van der Waals surface area contributed by atoms with Crippen LogP contribution in [0.5, 0.6) is 0 Å². The minimum absolute atomic E-state index is 0.0611. The predicted octanol–water partition coefficient (Wildman–Crippen LogP) is 1.68. The summed E-state index contributed by atoms with van der Waals surface area (Å²) in [4.78, 5) is 12.0. The van der Waals surface area contributed by atoms with Crippen LogP contribution in [0.25, 0.3) is 11.3 Å². The Labute approximate surface area is 107 Å². The van der Waals surface area contributed by atoms with Crippen LogP contribution in [0, 0.1) is 5.82 Å². The molecule has 1 heterocycles. The number of nitrogens with one attached hydrogen (secondary N) is 1. The van der Waals surface area contributed by atoms with E-state index in [2.05, 4.69) is 15.5 Å². The van der Waals surface area contributed by atoms with Gasteiger partial charge in [0, 0.05) is 19.7 Å². The number of hydrogen-bond acceptors (Lipinski definition) is 4. The van der Waals surface area contributed by atoms with Crippen LogP contribution in [-0.2, 0) is 7.05 Å². The molecule has 0 aliphatic heterocycles. The van der Waals surface area contributed by atoms with Crippen LogP contribution in [0.15, 0.2) is 23.0 Å². The Kier molecular flexibility index (Phi) is 3.29. The van der Waals surface area contributed by atoms with Crippen molar-refractivity contribution >= 4 is 17.5 Å². The third-order valence-electron chi connectivity index (χ3n) is 2.49. The summed E-state index contributed by atoms with van der Waals surface area (Å²) in [5.74, 6) is -0.200. The number of nitrogens with zero attached hydrogens (tertiary/aromatic N) is 3. The second kappa shape index (κ2) is 4.73. The van der Waals surface area contributed by atoms with Gasteiger partial charge in [0.25, 0.3) is 5.56 Å². The molecule has 2 rings (SSSR count). The highest BCUT2D eigenvalue weighted by Crippen LogP contribution is 2.21. The molecule has 0 aliphatic rings. The highest BCUT2D eigenvalue weighted by Gasteiger charge is 2.12. The molecular weight excluding hydrogens is 259 g/mol. The van der Waals surface area contributed by atoms with Gasteiger partial charge in [-0.05, 0) is 18.2 Å². The van der Waals surface area contributed by atoms with Crippen LogP contribution in [0.1, 0.15) is 0 Å². The number of anilines is 1. The highest BCUT2D eigenvalue weighted by molar-refractivity contribution is 6.31. The lowest BCUT2D eigenvalue weighted by Gasteiger charge is -2.07. The van der Waals surface area contributed by atoms with Crippen LogP contribution < -0.4 is 10.9 Å². The van der Waals surface area contributed by atoms with Gasteiger partial charge in [0.1, 0.15) is 5.82 Å². The van der Waals surface area contributed by atoms with Gasteiger partial charge in [0.05, 0.1) is 5.02 Å². The van der Waals surface area contributed by atoms with E-state index in [4.69, 9.17) is 11.6 Å². The van der Waals surface area contributed by atoms with Crippen molar-refractivity contribution in [2.75, 3.05) is 12.4 Å². The minimum Gasteiger partial charge on any atom is -0.357 e. The molecule has 1 N–H and O–H groups in total. The summed E-state index contributed by atoms with van der Waals surface area (Å²) >= 11 is 5.67. The zero-order chi connectivity index (χ0) is 13.3. The molecule has 0 amide bonds. The average molecular weight is 269 g/mol. The van der Waals surface area contributed by atoms with E-state index < -0.39 is 5.82 Å². The molecule has 1 aromatic carbocycles. The maximum atomic E-state index is 13.1. The lowest BCUT2D eigenvalue weighted by Crippen LogP contribution is -2.24. The first-order valence-electron chi connectivity index (χ1n) is 5.11. The number of aromatic nitrogens is 3. The maximum Gasteiger partial charge on any atom is 0.281 e. The highest BCUT2D eigenvalue weighted by atomic mass is 35.5. The van der Waals surface area contributed by atoms with Gasteiger partial charge < -0.3 is 5.32 Å². The van der Waals surface area contributed by atoms with E-state index in [9.17, 15) is 9.18 Å². The molecule has 0 saturated heterocycles. The Hall–Kier alpha value is -1.95. The van der Waals surface area contributed by atoms with Crippen LogP contribution >= 0.6 is 11.6 Å². The van der Waals surface area contributed by atoms with Gasteiger partial charge >= 0.3 is 0 Å². The smallest absolute Gasteiger partial charge is 0.281 e. The predicted molar refractivity (Wildman–Crippen MR) is 67.2 cm³/mol. The number of halogens is 2. The second-order valence-electron chi connectivity index (χ2n) is 3.62. The molecule has 7 heteroatoms. The molecule has 18 heavy (non-hydrogen) atoms. The standard InChI is InChI=1S/C11H10ClFN4O/c1-14-11-16-15-9(10(18)17(11)2)6-3-4-8(13)7(12)5-6/h3-5H,1-2H3,(H,14,16). The summed E-state index contributed by atoms with van der Waals surface area (Å²) in [6.07, 6.45) is 0. The molecule has 0 saturated carbocycles. The van der Waals surface area contributed by atoms with E-state index in [-0.39, 0.29) is 16.3 Å². The molecule has 0 atom stereocenters. The van der Waals surface area contributed by atoms with Gasteiger partial charge in [-0.1, -0.05) is 11.6 Å². The summed E-state index contributed by atoms with van der Waals surface area (Å²) in [7, 11) is 3.20. The van der Waals surface area contributed by atoms with Crippen LogP contribution in [-0.4, -0.2) is 21.8 Å². The van der Waals surface area contributed by atoms with Crippen molar-refractivity contribution in [2.45, 2.75) is 0 Å². The molecule has 94 valence electrons. The fourth-order valence-electron chi connectivity index (χ4n) is 1.50. The van der Waals surface area contributed by atoms with E-state index in [1.165, 1.54) is 22.8 Å². The molecule has 0 aliphatic carbocycles. The second-order valence-corrected chi connectivity index (χ2v) is 4.02. The molecule has 0 fully saturated rings. The largest absolute Gasteiger partial charge is 0.357 e. The molecular formula is C11H10ClFN4O. The first-order valence-corrected chi connectivity index (χ1v) is 5.49. The molecule has 1 aromatic heterocycles. The van der Waals surface area contributed by atoms with Crippen LogP contribution in [0.2, 0.25) is 5.02 Å². The van der Waals surface area contributed by atoms with Crippen molar-refractivity contribution in [3.63, 3.8) is 0 Å². The summed E-state index contributed by atoms with van der Waals surface area (Å²) < 4.78 is 14.4. The Morgan fingerprint density at radius 1 is 1.39 bits per heavy atom. The van der Waals surface area contributed by atoms with E-state index in [0.717, 1.165) is 0 Å². The van der Waals surface area contributed by atoms with Gasteiger partial charge in [0.15, 0.2) is 5.69 Å². The van der Waals surface area contributed by atoms with Crippen LogP contribution in [0.4, 0.5) is 10.3 Å². The number of rotatable bonds is 2. The Balaban J connectivity index is 2.61. The fraction of sp³-hybridized carbons (Fsp3) is 0.182. The van der Waals surface area contributed by atoms with Gasteiger partial charge in [0.2, 0.25) is 5.95 Å². The van der Waals surface area contributed by atoms with Crippen molar-refractivity contribution in [3.05, 3.63) is 39.4 Å². The Bertz CT molecular complexity index is 656. The summed E-state index contributed by atoms with van der Waals surface area (Å²) in [5.41, 5.74) is 0.215. The van der Waals surface area contributed by atoms with Crippen molar-refractivity contribution in [3.8, 4) is 11.3 Å². The lowest BCUT2D eigenvalue weighted by molar-refractivity contribution is 0.628. The van der Waals surface area contributed by atoms with Crippen molar-refractivity contribution < 1.29 is 4.39 Å². The van der Waals surface area contributed by atoms with Crippen LogP contribution in [0.3, 0.4) is 0 Å². The third-order valence-corrected chi connectivity index (χ3v) is 2.78. The fourth-order valence-corrected chi connectivity index (χ4v) is 1.69. The summed E-state index contributed by atoms with van der Waals surface area (Å²) in [5, 5.41) is 10.4. The molecule has 0 bridgehead atoms. The van der Waals surface area contributed by atoms with E-state index in [0.29, 0.717) is 11.5 Å². The zero-order valence-electron chi connectivity index (χ0n) is 9.74. The van der Waals surface area contributed by atoms with Gasteiger partial charge in [-0.15, -0.1) is 10.2 Å². The van der Waals surface area contributed by atoms with Crippen molar-refractivity contribution in [1.82, 2.24) is 14.8 Å². The summed E-state index contributed by atoms with van der Waals surface area (Å²) in [6.45, 7) is 0. The van der Waals surface area contributed by atoms with Crippen molar-refractivity contribution in [2.24, 2.45) is 7.05 Å². The maximum absolute atomic E-state index is 13.1. The summed E-state index contributed by atoms with van der Waals surface area (Å²) in [6, 6.07) is 3.97. The molecule has 2 aromatic rings. The Morgan fingerprint density at radius 3 is 2.72 bits per heavy atom. The van der Waals surface area contributed by atoms with Gasteiger partial charge in [-0.25, -0.2) is 4.39 Å².